The predicted octanol–water partition coefficient (Wildman–Crippen LogP) is 3.93. The van der Waals surface area contributed by atoms with Crippen molar-refractivity contribution in [2.24, 2.45) is 4.99 Å². The first-order valence-corrected chi connectivity index (χ1v) is 8.39. The quantitative estimate of drug-likeness (QED) is 0.328. The van der Waals surface area contributed by atoms with E-state index in [2.05, 4.69) is 10.3 Å². The normalized spacial score (nSPS) is 12.5. The minimum atomic E-state index is -0.757. The third-order valence-electron chi connectivity index (χ3n) is 4.15. The Morgan fingerprint density at radius 2 is 1.93 bits per heavy atom. The van der Waals surface area contributed by atoms with Gasteiger partial charge in [0.05, 0.1) is 12.6 Å². The van der Waals surface area contributed by atoms with Gasteiger partial charge in [-0.25, -0.2) is 4.39 Å². The molecular formula is C20H23FIN3O2. The van der Waals surface area contributed by atoms with Crippen LogP contribution < -0.4 is 5.32 Å². The van der Waals surface area contributed by atoms with Gasteiger partial charge < -0.3 is 19.7 Å². The molecule has 2 aromatic carbocycles. The van der Waals surface area contributed by atoms with Crippen molar-refractivity contribution in [3.8, 4) is 0 Å². The van der Waals surface area contributed by atoms with Gasteiger partial charge in [-0.3, -0.25) is 4.99 Å². The molecule has 0 spiro atoms. The van der Waals surface area contributed by atoms with E-state index in [1.54, 1.807) is 19.2 Å². The van der Waals surface area contributed by atoms with E-state index >= 15 is 0 Å². The van der Waals surface area contributed by atoms with E-state index < -0.39 is 6.10 Å². The van der Waals surface area contributed by atoms with Gasteiger partial charge >= 0.3 is 0 Å². The van der Waals surface area contributed by atoms with E-state index in [4.69, 9.17) is 4.42 Å². The van der Waals surface area contributed by atoms with Gasteiger partial charge in [-0.2, -0.15) is 0 Å². The minimum absolute atomic E-state index is 0. The molecule has 7 heteroatoms. The van der Waals surface area contributed by atoms with Gasteiger partial charge in [-0.15, -0.1) is 24.0 Å². The van der Waals surface area contributed by atoms with Crippen LogP contribution in [0.5, 0.6) is 0 Å². The van der Waals surface area contributed by atoms with Gasteiger partial charge in [0.25, 0.3) is 0 Å². The SMILES string of the molecule is CN=C(NCC(O)c1ccc(F)cc1)N(C)Cc1cc2ccccc2o1.I. The van der Waals surface area contributed by atoms with Crippen molar-refractivity contribution in [2.45, 2.75) is 12.6 Å². The topological polar surface area (TPSA) is 61.0 Å². The molecule has 0 radical (unpaired) electrons. The summed E-state index contributed by atoms with van der Waals surface area (Å²) in [5, 5.41) is 14.4. The van der Waals surface area contributed by atoms with Crippen LogP contribution in [0.25, 0.3) is 11.0 Å². The molecule has 0 aliphatic rings. The minimum Gasteiger partial charge on any atom is -0.459 e. The van der Waals surface area contributed by atoms with Crippen molar-refractivity contribution in [1.82, 2.24) is 10.2 Å². The van der Waals surface area contributed by atoms with E-state index in [1.165, 1.54) is 12.1 Å². The second kappa shape index (κ2) is 9.70. The second-order valence-corrected chi connectivity index (χ2v) is 6.10. The molecular weight excluding hydrogens is 460 g/mol. The van der Waals surface area contributed by atoms with Crippen LogP contribution in [-0.4, -0.2) is 36.6 Å². The van der Waals surface area contributed by atoms with Crippen LogP contribution in [0.2, 0.25) is 0 Å². The molecule has 0 saturated carbocycles. The van der Waals surface area contributed by atoms with Crippen molar-refractivity contribution in [3.63, 3.8) is 0 Å². The molecule has 1 unspecified atom stereocenters. The summed E-state index contributed by atoms with van der Waals surface area (Å²) in [4.78, 5) is 6.15. The Kier molecular flexibility index (Phi) is 7.61. The summed E-state index contributed by atoms with van der Waals surface area (Å²) in [6.07, 6.45) is -0.757. The van der Waals surface area contributed by atoms with E-state index in [0.717, 1.165) is 16.7 Å². The summed E-state index contributed by atoms with van der Waals surface area (Å²) in [5.74, 6) is 1.14. The summed E-state index contributed by atoms with van der Waals surface area (Å²) >= 11 is 0. The van der Waals surface area contributed by atoms with E-state index in [0.29, 0.717) is 18.1 Å². The lowest BCUT2D eigenvalue weighted by molar-refractivity contribution is 0.179. The fourth-order valence-electron chi connectivity index (χ4n) is 2.80. The first-order chi connectivity index (χ1) is 12.6. The third kappa shape index (κ3) is 5.43. The Morgan fingerprint density at radius 3 is 2.59 bits per heavy atom. The van der Waals surface area contributed by atoms with E-state index in [-0.39, 0.29) is 36.3 Å². The largest absolute Gasteiger partial charge is 0.459 e. The number of halogens is 2. The maximum absolute atomic E-state index is 13.0. The van der Waals surface area contributed by atoms with Crippen molar-refractivity contribution in [2.75, 3.05) is 20.6 Å². The van der Waals surface area contributed by atoms with Crippen LogP contribution in [0.3, 0.4) is 0 Å². The molecule has 27 heavy (non-hydrogen) atoms. The van der Waals surface area contributed by atoms with Crippen molar-refractivity contribution < 1.29 is 13.9 Å². The molecule has 3 rings (SSSR count). The standard InChI is InChI=1S/C20H22FN3O2.HI/c1-22-20(23-12-18(25)14-7-9-16(21)10-8-14)24(2)13-17-11-15-5-3-4-6-19(15)26-17;/h3-11,18,25H,12-13H2,1-2H3,(H,22,23);1H. The maximum Gasteiger partial charge on any atom is 0.193 e. The number of hydrogen-bond acceptors (Lipinski definition) is 3. The maximum atomic E-state index is 13.0. The molecule has 144 valence electrons. The summed E-state index contributed by atoms with van der Waals surface area (Å²) in [7, 11) is 3.58. The molecule has 0 bridgehead atoms. The van der Waals surface area contributed by atoms with Crippen LogP contribution in [0.15, 0.2) is 64.0 Å². The fraction of sp³-hybridized carbons (Fsp3) is 0.250. The summed E-state index contributed by atoms with van der Waals surface area (Å²) in [5.41, 5.74) is 1.50. The zero-order valence-corrected chi connectivity index (χ0v) is 17.6. The number of para-hydroxylation sites is 1. The summed E-state index contributed by atoms with van der Waals surface area (Å²) in [6.45, 7) is 0.809. The average Bonchev–Trinajstić information content (AvgIpc) is 3.04. The van der Waals surface area contributed by atoms with Gasteiger partial charge in [0, 0.05) is 26.0 Å². The Labute approximate surface area is 174 Å². The number of benzene rings is 2. The number of guanidine groups is 1. The molecule has 0 aliphatic carbocycles. The predicted molar refractivity (Wildman–Crippen MR) is 116 cm³/mol. The zero-order chi connectivity index (χ0) is 18.5. The van der Waals surface area contributed by atoms with Gasteiger partial charge in [0.1, 0.15) is 17.2 Å². The number of nitrogens with one attached hydrogen (secondary N) is 1. The Hall–Kier alpha value is -2.13. The molecule has 0 saturated heterocycles. The monoisotopic (exact) mass is 483 g/mol. The van der Waals surface area contributed by atoms with E-state index in [9.17, 15) is 9.50 Å². The van der Waals surface area contributed by atoms with Crippen molar-refractivity contribution in [3.05, 3.63) is 71.7 Å². The Morgan fingerprint density at radius 1 is 1.22 bits per heavy atom. The van der Waals surface area contributed by atoms with Gasteiger partial charge in [-0.1, -0.05) is 30.3 Å². The first-order valence-electron chi connectivity index (χ1n) is 8.39. The number of aliphatic hydroxyl groups is 1. The zero-order valence-electron chi connectivity index (χ0n) is 15.2. The van der Waals surface area contributed by atoms with E-state index in [1.807, 2.05) is 42.3 Å². The van der Waals surface area contributed by atoms with Gasteiger partial charge in [0.15, 0.2) is 5.96 Å². The lowest BCUT2D eigenvalue weighted by Crippen LogP contribution is -2.40. The number of nitrogens with zero attached hydrogens (tertiary/aromatic N) is 2. The van der Waals surface area contributed by atoms with Gasteiger partial charge in [0.2, 0.25) is 0 Å². The number of aliphatic hydroxyl groups excluding tert-OH is 1. The summed E-state index contributed by atoms with van der Waals surface area (Å²) < 4.78 is 18.8. The lowest BCUT2D eigenvalue weighted by atomic mass is 10.1. The number of furan rings is 1. The molecule has 1 aromatic heterocycles. The van der Waals surface area contributed by atoms with Crippen LogP contribution in [0, 0.1) is 5.82 Å². The van der Waals surface area contributed by atoms with Crippen LogP contribution >= 0.6 is 24.0 Å². The lowest BCUT2D eigenvalue weighted by Gasteiger charge is -2.22. The van der Waals surface area contributed by atoms with Crippen molar-refractivity contribution >= 4 is 40.9 Å². The number of hydrogen-bond donors (Lipinski definition) is 2. The number of rotatable bonds is 5. The highest BCUT2D eigenvalue weighted by Crippen LogP contribution is 2.19. The molecule has 0 fully saturated rings. The average molecular weight is 483 g/mol. The van der Waals surface area contributed by atoms with Crippen LogP contribution in [0.4, 0.5) is 4.39 Å². The Bertz CT molecular complexity index is 863. The van der Waals surface area contributed by atoms with Crippen LogP contribution in [-0.2, 0) is 6.54 Å². The number of fused-ring (bicyclic) bond motifs is 1. The molecule has 5 nitrogen and oxygen atoms in total. The molecule has 3 aromatic rings. The summed E-state index contributed by atoms with van der Waals surface area (Å²) in [6, 6.07) is 15.7. The molecule has 0 aliphatic heterocycles. The fourth-order valence-corrected chi connectivity index (χ4v) is 2.80. The second-order valence-electron chi connectivity index (χ2n) is 6.10. The third-order valence-corrected chi connectivity index (χ3v) is 4.15. The smallest absolute Gasteiger partial charge is 0.193 e. The molecule has 2 N–H and O–H groups in total. The highest BCUT2D eigenvalue weighted by molar-refractivity contribution is 14.0. The van der Waals surface area contributed by atoms with Crippen LogP contribution in [0.1, 0.15) is 17.4 Å². The highest BCUT2D eigenvalue weighted by atomic mass is 127. The van der Waals surface area contributed by atoms with Gasteiger partial charge in [-0.05, 0) is 29.8 Å². The Balaban J connectivity index is 0.00000261. The molecule has 0 amide bonds. The first kappa shape index (κ1) is 21.2. The van der Waals surface area contributed by atoms with Crippen molar-refractivity contribution in [1.29, 1.82) is 0 Å². The molecule has 1 heterocycles. The molecule has 1 atom stereocenters. The highest BCUT2D eigenvalue weighted by Gasteiger charge is 2.13. The number of aliphatic imine (C=N–C) groups is 1.